The van der Waals surface area contributed by atoms with Gasteiger partial charge < -0.3 is 23.6 Å². The standard InChI is InChI=1S/C23H27N3O5/c1-6-19(30-17-9-7-8-15(2)12-17)23(27)26(3)14-21-24-22(25-31-21)18-11-10-16(28-4)13-20(18)29-5/h7-13,19H,6,14H2,1-5H3/t19-/m1/s1. The van der Waals surface area contributed by atoms with Crippen LogP contribution >= 0.6 is 0 Å². The molecule has 1 heterocycles. The van der Waals surface area contributed by atoms with Crippen LogP contribution in [0.4, 0.5) is 0 Å². The molecule has 0 saturated carbocycles. The molecule has 1 atom stereocenters. The van der Waals surface area contributed by atoms with E-state index in [2.05, 4.69) is 10.1 Å². The molecule has 164 valence electrons. The number of amides is 1. The van der Waals surface area contributed by atoms with E-state index in [0.29, 0.717) is 40.9 Å². The minimum atomic E-state index is -0.601. The minimum Gasteiger partial charge on any atom is -0.497 e. The highest BCUT2D eigenvalue weighted by Gasteiger charge is 2.24. The van der Waals surface area contributed by atoms with Gasteiger partial charge in [0.15, 0.2) is 6.10 Å². The number of ether oxygens (including phenoxy) is 3. The van der Waals surface area contributed by atoms with Crippen LogP contribution in [0.3, 0.4) is 0 Å². The average molecular weight is 425 g/mol. The second-order valence-electron chi connectivity index (χ2n) is 7.10. The Hall–Kier alpha value is -3.55. The monoisotopic (exact) mass is 425 g/mol. The van der Waals surface area contributed by atoms with Gasteiger partial charge in [-0.25, -0.2) is 0 Å². The van der Waals surface area contributed by atoms with Crippen molar-refractivity contribution in [2.45, 2.75) is 32.9 Å². The summed E-state index contributed by atoms with van der Waals surface area (Å²) in [5, 5.41) is 4.03. The molecule has 31 heavy (non-hydrogen) atoms. The number of methoxy groups -OCH3 is 2. The quantitative estimate of drug-likeness (QED) is 0.514. The number of aryl methyl sites for hydroxylation is 1. The number of likely N-dealkylation sites (N-methyl/N-ethyl adjacent to an activating group) is 1. The zero-order valence-electron chi connectivity index (χ0n) is 18.4. The van der Waals surface area contributed by atoms with Gasteiger partial charge in [0.05, 0.1) is 26.3 Å². The molecule has 0 spiro atoms. The largest absolute Gasteiger partial charge is 0.497 e. The summed E-state index contributed by atoms with van der Waals surface area (Å²) in [5.74, 6) is 2.42. The van der Waals surface area contributed by atoms with Crippen molar-refractivity contribution < 1.29 is 23.5 Å². The first-order chi connectivity index (χ1) is 14.9. The number of hydrogen-bond donors (Lipinski definition) is 0. The zero-order valence-corrected chi connectivity index (χ0v) is 18.4. The summed E-state index contributed by atoms with van der Waals surface area (Å²) in [7, 11) is 4.83. The molecule has 8 heteroatoms. The summed E-state index contributed by atoms with van der Waals surface area (Å²) in [6.07, 6.45) is -0.0641. The normalized spacial score (nSPS) is 11.6. The van der Waals surface area contributed by atoms with Crippen LogP contribution in [-0.4, -0.2) is 48.3 Å². The number of carbonyl (C=O) groups excluding carboxylic acids is 1. The van der Waals surface area contributed by atoms with Crippen LogP contribution in [0.25, 0.3) is 11.4 Å². The Morgan fingerprint density at radius 3 is 2.61 bits per heavy atom. The smallest absolute Gasteiger partial charge is 0.263 e. The lowest BCUT2D eigenvalue weighted by Crippen LogP contribution is -2.39. The second-order valence-corrected chi connectivity index (χ2v) is 7.10. The topological polar surface area (TPSA) is 86.9 Å². The molecule has 0 radical (unpaired) electrons. The third kappa shape index (κ3) is 5.33. The van der Waals surface area contributed by atoms with Crippen molar-refractivity contribution in [2.75, 3.05) is 21.3 Å². The number of rotatable bonds is 9. The summed E-state index contributed by atoms with van der Waals surface area (Å²) in [6.45, 7) is 4.05. The van der Waals surface area contributed by atoms with E-state index in [4.69, 9.17) is 18.7 Å². The molecule has 3 aromatic rings. The van der Waals surface area contributed by atoms with Gasteiger partial charge in [-0.2, -0.15) is 4.98 Å². The maximum atomic E-state index is 12.9. The summed E-state index contributed by atoms with van der Waals surface area (Å²) in [4.78, 5) is 18.8. The van der Waals surface area contributed by atoms with Crippen molar-refractivity contribution in [2.24, 2.45) is 0 Å². The second kappa shape index (κ2) is 9.97. The summed E-state index contributed by atoms with van der Waals surface area (Å²) < 4.78 is 21.9. The van der Waals surface area contributed by atoms with Gasteiger partial charge in [-0.05, 0) is 43.2 Å². The summed E-state index contributed by atoms with van der Waals surface area (Å²) >= 11 is 0. The van der Waals surface area contributed by atoms with Crippen molar-refractivity contribution in [3.05, 3.63) is 53.9 Å². The predicted octanol–water partition coefficient (Wildman–Crippen LogP) is 3.88. The van der Waals surface area contributed by atoms with Crippen LogP contribution in [0.1, 0.15) is 24.8 Å². The Morgan fingerprint density at radius 2 is 1.94 bits per heavy atom. The lowest BCUT2D eigenvalue weighted by Gasteiger charge is -2.22. The molecule has 0 aliphatic carbocycles. The lowest BCUT2D eigenvalue weighted by atomic mass is 10.2. The van der Waals surface area contributed by atoms with Crippen molar-refractivity contribution >= 4 is 5.91 Å². The van der Waals surface area contributed by atoms with E-state index >= 15 is 0 Å². The van der Waals surface area contributed by atoms with E-state index in [1.54, 1.807) is 39.5 Å². The first kappa shape index (κ1) is 22.1. The SMILES string of the molecule is CC[C@@H](Oc1cccc(C)c1)C(=O)N(C)Cc1nc(-c2ccc(OC)cc2OC)no1. The molecule has 0 aliphatic heterocycles. The number of aromatic nitrogens is 2. The van der Waals surface area contributed by atoms with Gasteiger partial charge in [-0.1, -0.05) is 24.2 Å². The highest BCUT2D eigenvalue weighted by atomic mass is 16.5. The maximum absolute atomic E-state index is 12.9. The predicted molar refractivity (Wildman–Crippen MR) is 115 cm³/mol. The summed E-state index contributed by atoms with van der Waals surface area (Å²) in [5.41, 5.74) is 1.74. The van der Waals surface area contributed by atoms with E-state index < -0.39 is 6.10 Å². The molecule has 2 aromatic carbocycles. The average Bonchev–Trinajstić information content (AvgIpc) is 3.24. The first-order valence-corrected chi connectivity index (χ1v) is 9.98. The molecule has 0 saturated heterocycles. The molecule has 1 amide bonds. The molecular formula is C23H27N3O5. The number of nitrogens with zero attached hydrogens (tertiary/aromatic N) is 3. The van der Waals surface area contributed by atoms with Crippen LogP contribution in [0.5, 0.6) is 17.2 Å². The highest BCUT2D eigenvalue weighted by Crippen LogP contribution is 2.31. The number of carbonyl (C=O) groups is 1. The van der Waals surface area contributed by atoms with Gasteiger partial charge >= 0.3 is 0 Å². The fraction of sp³-hybridized carbons (Fsp3) is 0.348. The van der Waals surface area contributed by atoms with Crippen LogP contribution in [0.2, 0.25) is 0 Å². The van der Waals surface area contributed by atoms with E-state index in [-0.39, 0.29) is 12.5 Å². The van der Waals surface area contributed by atoms with Crippen molar-refractivity contribution in [3.8, 4) is 28.6 Å². The molecule has 0 fully saturated rings. The van der Waals surface area contributed by atoms with Gasteiger partial charge in [-0.3, -0.25) is 4.79 Å². The number of benzene rings is 2. The molecule has 0 bridgehead atoms. The third-order valence-corrected chi connectivity index (χ3v) is 4.78. The van der Waals surface area contributed by atoms with Gasteiger partial charge in [0.25, 0.3) is 5.91 Å². The Bertz CT molecular complexity index is 1030. The Morgan fingerprint density at radius 1 is 1.13 bits per heavy atom. The molecule has 3 rings (SSSR count). The van der Waals surface area contributed by atoms with Gasteiger partial charge in [0.1, 0.15) is 17.2 Å². The molecule has 8 nitrogen and oxygen atoms in total. The highest BCUT2D eigenvalue weighted by molar-refractivity contribution is 5.81. The van der Waals surface area contributed by atoms with Crippen molar-refractivity contribution in [1.82, 2.24) is 15.0 Å². The molecule has 1 aromatic heterocycles. The maximum Gasteiger partial charge on any atom is 0.263 e. The van der Waals surface area contributed by atoms with Crippen molar-refractivity contribution in [1.29, 1.82) is 0 Å². The van der Waals surface area contributed by atoms with Crippen LogP contribution in [0.15, 0.2) is 47.0 Å². The fourth-order valence-corrected chi connectivity index (χ4v) is 3.10. The minimum absolute atomic E-state index is 0.161. The van der Waals surface area contributed by atoms with Crippen LogP contribution in [-0.2, 0) is 11.3 Å². The van der Waals surface area contributed by atoms with Crippen LogP contribution < -0.4 is 14.2 Å². The molecule has 0 aliphatic rings. The van der Waals surface area contributed by atoms with E-state index in [0.717, 1.165) is 5.56 Å². The van der Waals surface area contributed by atoms with E-state index in [1.165, 1.54) is 4.90 Å². The van der Waals surface area contributed by atoms with Crippen molar-refractivity contribution in [3.63, 3.8) is 0 Å². The van der Waals surface area contributed by atoms with E-state index in [1.807, 2.05) is 38.1 Å². The Balaban J connectivity index is 1.70. The van der Waals surface area contributed by atoms with Gasteiger partial charge in [0.2, 0.25) is 11.7 Å². The Labute approximate surface area is 181 Å². The van der Waals surface area contributed by atoms with Gasteiger partial charge in [0, 0.05) is 13.1 Å². The lowest BCUT2D eigenvalue weighted by molar-refractivity contribution is -0.138. The third-order valence-electron chi connectivity index (χ3n) is 4.78. The molecule has 0 unspecified atom stereocenters. The molecular weight excluding hydrogens is 398 g/mol. The Kier molecular flexibility index (Phi) is 7.12. The number of hydrogen-bond acceptors (Lipinski definition) is 7. The fourth-order valence-electron chi connectivity index (χ4n) is 3.10. The van der Waals surface area contributed by atoms with Crippen LogP contribution in [0, 0.1) is 6.92 Å². The first-order valence-electron chi connectivity index (χ1n) is 9.98. The van der Waals surface area contributed by atoms with Gasteiger partial charge in [-0.15, -0.1) is 0 Å². The molecule has 0 N–H and O–H groups in total. The van der Waals surface area contributed by atoms with E-state index in [9.17, 15) is 4.79 Å². The summed E-state index contributed by atoms with van der Waals surface area (Å²) in [6, 6.07) is 13.0. The zero-order chi connectivity index (χ0) is 22.4.